The van der Waals surface area contributed by atoms with E-state index in [1.54, 1.807) is 13.8 Å². The van der Waals surface area contributed by atoms with Crippen molar-refractivity contribution >= 4 is 13.8 Å². The minimum Gasteiger partial charge on any atom is -0.453 e. The van der Waals surface area contributed by atoms with E-state index < -0.39 is 5.79 Å². The normalized spacial score (nSPS) is 28.7. The second kappa shape index (κ2) is 3.02. The monoisotopic (exact) mass is 194 g/mol. The molecule has 2 aliphatic rings. The van der Waals surface area contributed by atoms with E-state index in [2.05, 4.69) is 4.65 Å². The van der Waals surface area contributed by atoms with E-state index in [0.29, 0.717) is 17.9 Å². The average Bonchev–Trinajstić information content (AvgIpc) is 2.51. The van der Waals surface area contributed by atoms with Crippen molar-refractivity contribution in [2.24, 2.45) is 5.92 Å². The standard InChI is InChI=1S/C9H11BO4/c1-9(2)13-7-5(4-12-10)3-6(11)8(7)14-9/h5H,3-4H2,1-2H3. The molecule has 4 nitrogen and oxygen atoms in total. The second-order valence-corrected chi connectivity index (χ2v) is 3.95. The second-order valence-electron chi connectivity index (χ2n) is 3.95. The molecule has 0 amide bonds. The van der Waals surface area contributed by atoms with Crippen LogP contribution >= 0.6 is 0 Å². The molecule has 5 heteroatoms. The molecule has 1 unspecified atom stereocenters. The van der Waals surface area contributed by atoms with Crippen molar-refractivity contribution in [2.75, 3.05) is 6.61 Å². The number of ether oxygens (including phenoxy) is 2. The van der Waals surface area contributed by atoms with Gasteiger partial charge >= 0.3 is 0 Å². The lowest BCUT2D eigenvalue weighted by Gasteiger charge is -2.22. The Hall–Kier alpha value is -0.965. The quantitative estimate of drug-likeness (QED) is 0.606. The van der Waals surface area contributed by atoms with E-state index in [1.807, 2.05) is 0 Å². The largest absolute Gasteiger partial charge is 0.453 e. The maximum atomic E-state index is 11.5. The lowest BCUT2D eigenvalue weighted by atomic mass is 10.1. The summed E-state index contributed by atoms with van der Waals surface area (Å²) >= 11 is 0. The van der Waals surface area contributed by atoms with Crippen LogP contribution in [0.15, 0.2) is 11.5 Å². The first-order valence-corrected chi connectivity index (χ1v) is 4.50. The van der Waals surface area contributed by atoms with Gasteiger partial charge in [0, 0.05) is 32.8 Å². The van der Waals surface area contributed by atoms with Gasteiger partial charge in [-0.15, -0.1) is 0 Å². The van der Waals surface area contributed by atoms with E-state index in [9.17, 15) is 4.79 Å². The molecular weight excluding hydrogens is 183 g/mol. The zero-order valence-electron chi connectivity index (χ0n) is 8.20. The van der Waals surface area contributed by atoms with Gasteiger partial charge in [-0.25, -0.2) is 0 Å². The summed E-state index contributed by atoms with van der Waals surface area (Å²) in [6.45, 7) is 3.81. The zero-order chi connectivity index (χ0) is 10.3. The van der Waals surface area contributed by atoms with Crippen molar-refractivity contribution < 1.29 is 18.9 Å². The first-order chi connectivity index (χ1) is 6.53. The van der Waals surface area contributed by atoms with Crippen LogP contribution in [0.25, 0.3) is 0 Å². The Morgan fingerprint density at radius 1 is 1.57 bits per heavy atom. The van der Waals surface area contributed by atoms with Crippen LogP contribution < -0.4 is 0 Å². The van der Waals surface area contributed by atoms with Crippen LogP contribution in [0.2, 0.25) is 0 Å². The molecule has 0 fully saturated rings. The third kappa shape index (κ3) is 1.41. The SMILES string of the molecule is [B]OCC1CC(=O)C2=C1OC(C)(C)O2. The average molecular weight is 194 g/mol. The molecule has 1 atom stereocenters. The number of ketones is 1. The molecule has 0 aromatic carbocycles. The minimum absolute atomic E-state index is 0.0346. The number of carbonyl (C=O) groups excluding carboxylic acids is 1. The molecule has 1 aliphatic carbocycles. The smallest absolute Gasteiger partial charge is 0.282 e. The van der Waals surface area contributed by atoms with Gasteiger partial charge in [0.2, 0.25) is 17.3 Å². The topological polar surface area (TPSA) is 44.8 Å². The van der Waals surface area contributed by atoms with Crippen LogP contribution in [0, 0.1) is 5.92 Å². The maximum Gasteiger partial charge on any atom is 0.282 e. The van der Waals surface area contributed by atoms with Crippen molar-refractivity contribution in [1.29, 1.82) is 0 Å². The molecule has 1 aliphatic heterocycles. The van der Waals surface area contributed by atoms with Gasteiger partial charge < -0.3 is 14.1 Å². The van der Waals surface area contributed by atoms with Crippen LogP contribution in [0.3, 0.4) is 0 Å². The molecular formula is C9H11BO4. The summed E-state index contributed by atoms with van der Waals surface area (Å²) in [4.78, 5) is 11.5. The van der Waals surface area contributed by atoms with Crippen LogP contribution in [0.1, 0.15) is 20.3 Å². The highest BCUT2D eigenvalue weighted by Crippen LogP contribution is 2.41. The lowest BCUT2D eigenvalue weighted by molar-refractivity contribution is -0.145. The van der Waals surface area contributed by atoms with Gasteiger partial charge in [0.1, 0.15) is 0 Å². The Labute approximate surface area is 83.6 Å². The van der Waals surface area contributed by atoms with Crippen molar-refractivity contribution in [3.63, 3.8) is 0 Å². The molecule has 0 aromatic rings. The Balaban J connectivity index is 2.19. The molecule has 1 heterocycles. The fourth-order valence-electron chi connectivity index (χ4n) is 1.75. The Kier molecular flexibility index (Phi) is 2.07. The van der Waals surface area contributed by atoms with Gasteiger partial charge in [0.15, 0.2) is 5.76 Å². The predicted molar refractivity (Wildman–Crippen MR) is 48.1 cm³/mol. The van der Waals surface area contributed by atoms with E-state index in [1.165, 1.54) is 0 Å². The van der Waals surface area contributed by atoms with Crippen LogP contribution in [0.5, 0.6) is 0 Å². The summed E-state index contributed by atoms with van der Waals surface area (Å²) in [5.41, 5.74) is 0. The number of hydrogen-bond acceptors (Lipinski definition) is 4. The van der Waals surface area contributed by atoms with E-state index in [-0.39, 0.29) is 18.3 Å². The molecule has 0 N–H and O–H groups in total. The summed E-state index contributed by atoms with van der Waals surface area (Å²) in [5, 5.41) is 0. The van der Waals surface area contributed by atoms with E-state index in [4.69, 9.17) is 17.5 Å². The van der Waals surface area contributed by atoms with Gasteiger partial charge in [-0.2, -0.15) is 0 Å². The highest BCUT2D eigenvalue weighted by Gasteiger charge is 2.45. The molecule has 0 bridgehead atoms. The van der Waals surface area contributed by atoms with E-state index in [0.717, 1.165) is 0 Å². The highest BCUT2D eigenvalue weighted by molar-refractivity contribution is 5.98. The number of rotatable bonds is 2. The van der Waals surface area contributed by atoms with Crippen molar-refractivity contribution in [3.8, 4) is 0 Å². The van der Waals surface area contributed by atoms with Crippen molar-refractivity contribution in [3.05, 3.63) is 11.5 Å². The summed E-state index contributed by atoms with van der Waals surface area (Å²) in [5.74, 6) is 0.0625. The lowest BCUT2D eigenvalue weighted by Crippen LogP contribution is -2.25. The van der Waals surface area contributed by atoms with Crippen molar-refractivity contribution in [1.82, 2.24) is 0 Å². The molecule has 0 saturated heterocycles. The molecule has 14 heavy (non-hydrogen) atoms. The fourth-order valence-corrected chi connectivity index (χ4v) is 1.75. The summed E-state index contributed by atoms with van der Waals surface area (Å²) in [6, 6.07) is 0. The zero-order valence-corrected chi connectivity index (χ0v) is 8.20. The minimum atomic E-state index is -0.742. The third-order valence-electron chi connectivity index (χ3n) is 2.28. The Morgan fingerprint density at radius 2 is 2.29 bits per heavy atom. The molecule has 0 saturated carbocycles. The predicted octanol–water partition coefficient (Wildman–Crippen LogP) is 0.670. The Bertz CT molecular complexity index is 308. The Morgan fingerprint density at radius 3 is 2.93 bits per heavy atom. The maximum absolute atomic E-state index is 11.5. The van der Waals surface area contributed by atoms with Gasteiger partial charge in [0.05, 0.1) is 0 Å². The van der Waals surface area contributed by atoms with Gasteiger partial charge in [-0.05, 0) is 0 Å². The number of carbonyl (C=O) groups is 1. The van der Waals surface area contributed by atoms with Gasteiger partial charge in [0.25, 0.3) is 8.05 Å². The van der Waals surface area contributed by atoms with E-state index >= 15 is 0 Å². The first-order valence-electron chi connectivity index (χ1n) is 4.50. The number of Topliss-reactive ketones (excluding diaryl/α,β-unsaturated/α-hetero) is 1. The van der Waals surface area contributed by atoms with Crippen LogP contribution in [-0.4, -0.2) is 26.2 Å². The summed E-state index contributed by atoms with van der Waals surface area (Å²) < 4.78 is 15.4. The number of allylic oxidation sites excluding steroid dienone is 1. The molecule has 74 valence electrons. The molecule has 0 aromatic heterocycles. The van der Waals surface area contributed by atoms with Gasteiger partial charge in [-0.3, -0.25) is 4.79 Å². The molecule has 2 rings (SSSR count). The molecule has 0 spiro atoms. The fraction of sp³-hybridized carbons (Fsp3) is 0.667. The molecule has 2 radical (unpaired) electrons. The van der Waals surface area contributed by atoms with Crippen molar-refractivity contribution in [2.45, 2.75) is 26.1 Å². The third-order valence-corrected chi connectivity index (χ3v) is 2.28. The first kappa shape index (κ1) is 9.58. The summed E-state index contributed by atoms with van der Waals surface area (Å²) in [6.07, 6.45) is 0.359. The van der Waals surface area contributed by atoms with Crippen LogP contribution in [0.4, 0.5) is 0 Å². The highest BCUT2D eigenvalue weighted by atomic mass is 16.7. The number of hydrogen-bond donors (Lipinski definition) is 0. The van der Waals surface area contributed by atoms with Gasteiger partial charge in [-0.1, -0.05) is 0 Å². The van der Waals surface area contributed by atoms with Crippen LogP contribution in [-0.2, 0) is 18.9 Å². The summed E-state index contributed by atoms with van der Waals surface area (Å²) in [7, 11) is 4.97.